The van der Waals surface area contributed by atoms with Crippen LogP contribution in [0, 0.1) is 0 Å². The number of rotatable bonds is 7. The molecule has 0 aliphatic rings. The molecule has 12 radical (unpaired) electrons. The summed E-state index contributed by atoms with van der Waals surface area (Å²) in [5, 5.41) is 77.3. The Morgan fingerprint density at radius 3 is 1.42 bits per heavy atom. The van der Waals surface area contributed by atoms with Crippen molar-refractivity contribution in [1.29, 1.82) is 0 Å². The Bertz CT molecular complexity index is 3510. The Kier molecular flexibility index (Phi) is 9.78. The predicted molar refractivity (Wildman–Crippen MR) is 266 cm³/mol. The number of nitrogens with zero attached hydrogens (tertiary/aromatic N) is 2. The first-order valence-corrected chi connectivity index (χ1v) is 20.5. The Labute approximate surface area is 385 Å². The molecule has 1 heterocycles. The van der Waals surface area contributed by atoms with Crippen molar-refractivity contribution in [2.45, 2.75) is 10.6 Å². The fourth-order valence-corrected chi connectivity index (χ4v) is 8.90. The van der Waals surface area contributed by atoms with Crippen LogP contribution >= 0.6 is 0 Å². The molecule has 0 spiro atoms. The van der Waals surface area contributed by atoms with Crippen molar-refractivity contribution in [3.8, 4) is 84.7 Å². The van der Waals surface area contributed by atoms with E-state index in [9.17, 15) is 35.7 Å². The summed E-state index contributed by atoms with van der Waals surface area (Å²) in [5.74, 6) is -4.87. The zero-order chi connectivity index (χ0) is 46.6. The minimum atomic E-state index is -2.58. The van der Waals surface area contributed by atoms with Gasteiger partial charge in [-0.1, -0.05) is 102 Å². The average Bonchev–Trinajstić information content (AvgIpc) is 3.73. The van der Waals surface area contributed by atoms with Crippen molar-refractivity contribution in [3.63, 3.8) is 0 Å². The highest BCUT2D eigenvalue weighted by Crippen LogP contribution is 2.59. The van der Waals surface area contributed by atoms with E-state index >= 15 is 0 Å². The molecule has 304 valence electrons. The van der Waals surface area contributed by atoms with Crippen molar-refractivity contribution < 1.29 is 35.7 Å². The van der Waals surface area contributed by atoms with Gasteiger partial charge in [0.05, 0.1) is 42.4 Å². The zero-order valence-corrected chi connectivity index (χ0v) is 34.8. The molecule has 66 heavy (non-hydrogen) atoms. The molecular formula is C51H30B6N2O7. The second-order valence-corrected chi connectivity index (χ2v) is 16.4. The summed E-state index contributed by atoms with van der Waals surface area (Å²) in [6.07, 6.45) is 0. The van der Waals surface area contributed by atoms with Gasteiger partial charge in [0.1, 0.15) is 33.0 Å². The Morgan fingerprint density at radius 1 is 0.424 bits per heavy atom. The number of imidazole rings is 1. The molecular weight excluding hydrogens is 817 g/mol. The SMILES string of the molecule is [B]c1c([B])c(O)c2c(-c3ccc4cc(-n5c(C([B])([B])C([B])([B])O)nc6ccccc65)ccc4c3)c3c(O)c(O)c(O)c(O)c3c(-c3cc(-c4ccccc4)cc(-c4ccccc4)c3)c2c1O. The van der Waals surface area contributed by atoms with Gasteiger partial charge in [0, 0.05) is 38.4 Å². The number of hydrogen-bond donors (Lipinski definition) is 7. The van der Waals surface area contributed by atoms with Gasteiger partial charge >= 0.3 is 0 Å². The number of aromatic hydroxyl groups is 6. The maximum Gasteiger partial charge on any atom is 0.204 e. The number of aromatic nitrogens is 2. The largest absolute Gasteiger partial charge is 0.508 e. The normalized spacial score (nSPS) is 12.1. The highest BCUT2D eigenvalue weighted by molar-refractivity contribution is 6.54. The molecule has 0 aliphatic heterocycles. The highest BCUT2D eigenvalue weighted by atomic mass is 16.3. The predicted octanol–water partition coefficient (Wildman–Crippen LogP) is 6.45. The third-order valence-electron chi connectivity index (χ3n) is 12.3. The van der Waals surface area contributed by atoms with Crippen LogP contribution in [0.15, 0.2) is 140 Å². The first kappa shape index (κ1) is 42.3. The van der Waals surface area contributed by atoms with Crippen LogP contribution in [-0.4, -0.2) is 97.8 Å². The lowest BCUT2D eigenvalue weighted by molar-refractivity contribution is 0.189. The van der Waals surface area contributed by atoms with Gasteiger partial charge < -0.3 is 35.7 Å². The second kappa shape index (κ2) is 15.2. The fraction of sp³-hybridized carbons (Fsp3) is 0.0392. The first-order valence-electron chi connectivity index (χ1n) is 20.5. The number of fused-ring (bicyclic) bond motifs is 4. The molecule has 0 aliphatic carbocycles. The van der Waals surface area contributed by atoms with Gasteiger partial charge in [-0.25, -0.2) is 4.98 Å². The summed E-state index contributed by atoms with van der Waals surface area (Å²) >= 11 is 0. The van der Waals surface area contributed by atoms with E-state index in [0.29, 0.717) is 38.6 Å². The Hall–Kier alpha value is -7.62. The minimum Gasteiger partial charge on any atom is -0.508 e. The number of phenols is 6. The molecule has 7 N–H and O–H groups in total. The minimum absolute atomic E-state index is 0.0175. The van der Waals surface area contributed by atoms with E-state index < -0.39 is 45.1 Å². The zero-order valence-electron chi connectivity index (χ0n) is 34.8. The Balaban J connectivity index is 1.29. The molecule has 0 bridgehead atoms. The fourth-order valence-electron chi connectivity index (χ4n) is 8.90. The second-order valence-electron chi connectivity index (χ2n) is 16.4. The van der Waals surface area contributed by atoms with Crippen molar-refractivity contribution in [1.82, 2.24) is 9.55 Å². The van der Waals surface area contributed by atoms with E-state index in [1.807, 2.05) is 78.9 Å². The maximum absolute atomic E-state index is 12.2. The number of para-hydroxylation sites is 2. The van der Waals surface area contributed by atoms with Gasteiger partial charge in [-0.05, 0) is 103 Å². The molecule has 10 aromatic rings. The van der Waals surface area contributed by atoms with E-state index in [-0.39, 0.29) is 49.4 Å². The van der Waals surface area contributed by atoms with Crippen LogP contribution in [-0.2, 0) is 5.21 Å². The van der Waals surface area contributed by atoms with Gasteiger partial charge in [-0.15, -0.1) is 0 Å². The lowest BCUT2D eigenvalue weighted by atomic mass is 9.35. The summed E-state index contributed by atoms with van der Waals surface area (Å²) in [6.45, 7) is 0. The van der Waals surface area contributed by atoms with Gasteiger partial charge in [0.15, 0.2) is 11.5 Å². The molecule has 1 aromatic heterocycles. The number of aliphatic hydroxyl groups is 1. The number of phenolic OH excluding ortho intramolecular Hbond substituents is 6. The summed E-state index contributed by atoms with van der Waals surface area (Å²) in [4.78, 5) is 4.59. The lowest BCUT2D eigenvalue weighted by Gasteiger charge is -2.39. The highest BCUT2D eigenvalue weighted by Gasteiger charge is 2.39. The van der Waals surface area contributed by atoms with Crippen molar-refractivity contribution in [3.05, 3.63) is 145 Å². The molecule has 0 atom stereocenters. The first-order chi connectivity index (χ1) is 31.5. The molecule has 0 saturated heterocycles. The topological polar surface area (TPSA) is 159 Å². The van der Waals surface area contributed by atoms with Gasteiger partial charge in [-0.3, -0.25) is 4.57 Å². The Morgan fingerprint density at radius 2 is 0.879 bits per heavy atom. The molecule has 0 fully saturated rings. The van der Waals surface area contributed by atoms with Crippen LogP contribution < -0.4 is 10.9 Å². The molecule has 9 aromatic carbocycles. The van der Waals surface area contributed by atoms with E-state index in [2.05, 4.69) is 4.98 Å². The summed E-state index contributed by atoms with van der Waals surface area (Å²) in [5.41, 5.74) is 4.73. The summed E-state index contributed by atoms with van der Waals surface area (Å²) in [7, 11) is 37.3. The van der Waals surface area contributed by atoms with Crippen LogP contribution in [0.5, 0.6) is 34.5 Å². The van der Waals surface area contributed by atoms with Gasteiger partial charge in [0.25, 0.3) is 0 Å². The standard InChI is InChI=1S/C51H30B6N2O7/c52-41-42(53)44(61)38-36(31-21-29(24-9-3-1-4-10-24)20-30(22-31)25-11-5-2-6-12-25)40-39(45(62)47(64)48(65)46(40)63)35(37(38)43(41)60)28-16-15-27-23-32(18-17-26(27)19-28)59-34-14-8-7-13-33(34)58-49(59)50(54,55)51(56,57)66/h1-23,60-66H. The van der Waals surface area contributed by atoms with E-state index in [1.165, 1.54) is 0 Å². The molecule has 0 unspecified atom stereocenters. The molecule has 0 amide bonds. The molecule has 15 heteroatoms. The van der Waals surface area contributed by atoms with Crippen molar-refractivity contribution in [2.24, 2.45) is 0 Å². The van der Waals surface area contributed by atoms with Gasteiger partial charge in [0.2, 0.25) is 11.5 Å². The molecule has 9 nitrogen and oxygen atoms in total. The monoisotopic (exact) mass is 848 g/mol. The third-order valence-corrected chi connectivity index (χ3v) is 12.3. The van der Waals surface area contributed by atoms with Crippen molar-refractivity contribution in [2.75, 3.05) is 0 Å². The summed E-state index contributed by atoms with van der Waals surface area (Å²) < 4.78 is 1.63. The average molecular weight is 848 g/mol. The van der Waals surface area contributed by atoms with Crippen LogP contribution in [0.4, 0.5) is 0 Å². The van der Waals surface area contributed by atoms with Gasteiger partial charge in [-0.2, -0.15) is 0 Å². The smallest absolute Gasteiger partial charge is 0.204 e. The maximum atomic E-state index is 12.2. The van der Waals surface area contributed by atoms with E-state index in [0.717, 1.165) is 22.3 Å². The van der Waals surface area contributed by atoms with E-state index in [4.69, 9.17) is 47.1 Å². The molecule has 0 saturated carbocycles. The van der Waals surface area contributed by atoms with Crippen LogP contribution in [0.1, 0.15) is 5.82 Å². The number of benzene rings is 9. The van der Waals surface area contributed by atoms with E-state index in [1.54, 1.807) is 65.2 Å². The lowest BCUT2D eigenvalue weighted by Crippen LogP contribution is -2.55. The molecule has 10 rings (SSSR count). The summed E-state index contributed by atoms with van der Waals surface area (Å²) in [6, 6.07) is 42.1. The number of hydrogen-bond acceptors (Lipinski definition) is 8. The van der Waals surface area contributed by atoms with Crippen LogP contribution in [0.25, 0.3) is 93.5 Å². The van der Waals surface area contributed by atoms with Crippen LogP contribution in [0.2, 0.25) is 0 Å². The third kappa shape index (κ3) is 6.40. The quantitative estimate of drug-likeness (QED) is 0.0418. The van der Waals surface area contributed by atoms with Crippen LogP contribution in [0.3, 0.4) is 0 Å². The van der Waals surface area contributed by atoms with Crippen molar-refractivity contribution >= 4 is 101 Å².